The van der Waals surface area contributed by atoms with Gasteiger partial charge in [0.25, 0.3) is 0 Å². The maximum absolute atomic E-state index is 11.1. The average Bonchev–Trinajstić information content (AvgIpc) is 2.84. The van der Waals surface area contributed by atoms with E-state index in [0.29, 0.717) is 24.3 Å². The fraction of sp³-hybridized carbons (Fsp3) is 0.438. The monoisotopic (exact) mass is 272 g/mol. The Kier molecular flexibility index (Phi) is 5.16. The largest absolute Gasteiger partial charge is 0.374 e. The van der Waals surface area contributed by atoms with Crippen molar-refractivity contribution in [3.8, 4) is 11.8 Å². The number of rotatable bonds is 4. The highest BCUT2D eigenvalue weighted by Gasteiger charge is 2.20. The molecule has 1 heterocycles. The van der Waals surface area contributed by atoms with Crippen LogP contribution in [0, 0.1) is 11.8 Å². The number of nitrogens with one attached hydrogen (secondary N) is 1. The van der Waals surface area contributed by atoms with Gasteiger partial charge >= 0.3 is 0 Å². The quantitative estimate of drug-likeness (QED) is 0.641. The van der Waals surface area contributed by atoms with Gasteiger partial charge in [0.05, 0.1) is 18.8 Å². The number of nitrogens with two attached hydrogens (primary N) is 1. The Bertz CT molecular complexity index is 531. The molecule has 1 aromatic rings. The summed E-state index contributed by atoms with van der Waals surface area (Å²) in [5.74, 6) is 5.62. The number of primary amides is 1. The molecule has 0 spiro atoms. The number of carbonyl (C=O) groups excluding carboxylic acids is 1. The molecule has 20 heavy (non-hydrogen) atoms. The van der Waals surface area contributed by atoms with Gasteiger partial charge in [-0.2, -0.15) is 0 Å². The lowest BCUT2D eigenvalue weighted by molar-refractivity contribution is 0.0567. The summed E-state index contributed by atoms with van der Waals surface area (Å²) < 4.78 is 5.71. The third-order valence-corrected chi connectivity index (χ3v) is 3.29. The van der Waals surface area contributed by atoms with Gasteiger partial charge in [0.2, 0.25) is 5.91 Å². The molecule has 2 atom stereocenters. The SMILES string of the molecule is CC1CCC(CNCC#Cc2cccc(C(N)=O)c2)O1. The Labute approximate surface area is 119 Å². The molecule has 1 aliphatic heterocycles. The molecule has 4 heteroatoms. The van der Waals surface area contributed by atoms with Gasteiger partial charge < -0.3 is 15.8 Å². The van der Waals surface area contributed by atoms with Crippen molar-refractivity contribution in [1.82, 2.24) is 5.32 Å². The van der Waals surface area contributed by atoms with Gasteiger partial charge in [-0.15, -0.1) is 0 Å². The molecule has 106 valence electrons. The summed E-state index contributed by atoms with van der Waals surface area (Å²) in [4.78, 5) is 11.1. The van der Waals surface area contributed by atoms with Crippen molar-refractivity contribution in [3.05, 3.63) is 35.4 Å². The molecule has 2 rings (SSSR count). The van der Waals surface area contributed by atoms with Gasteiger partial charge in [0, 0.05) is 17.7 Å². The Morgan fingerprint density at radius 1 is 1.50 bits per heavy atom. The number of ether oxygens (including phenoxy) is 1. The van der Waals surface area contributed by atoms with Crippen LogP contribution in [0.3, 0.4) is 0 Å². The predicted octanol–water partition coefficient (Wildman–Crippen LogP) is 1.29. The van der Waals surface area contributed by atoms with Crippen LogP contribution in [0.2, 0.25) is 0 Å². The van der Waals surface area contributed by atoms with E-state index in [4.69, 9.17) is 10.5 Å². The van der Waals surface area contributed by atoms with Crippen LogP contribution >= 0.6 is 0 Å². The van der Waals surface area contributed by atoms with Gasteiger partial charge in [0.1, 0.15) is 0 Å². The summed E-state index contributed by atoms with van der Waals surface area (Å²) in [6, 6.07) is 7.04. The van der Waals surface area contributed by atoms with E-state index >= 15 is 0 Å². The van der Waals surface area contributed by atoms with Crippen molar-refractivity contribution in [1.29, 1.82) is 0 Å². The van der Waals surface area contributed by atoms with Crippen molar-refractivity contribution in [3.63, 3.8) is 0 Å². The van der Waals surface area contributed by atoms with Crippen LogP contribution in [0.25, 0.3) is 0 Å². The lowest BCUT2D eigenvalue weighted by Gasteiger charge is -2.10. The summed E-state index contributed by atoms with van der Waals surface area (Å²) >= 11 is 0. The number of hydrogen-bond donors (Lipinski definition) is 2. The van der Waals surface area contributed by atoms with Gasteiger partial charge in [-0.25, -0.2) is 0 Å². The third kappa shape index (κ3) is 4.37. The van der Waals surface area contributed by atoms with Crippen LogP contribution in [-0.4, -0.2) is 31.2 Å². The van der Waals surface area contributed by atoms with Crippen LogP contribution in [-0.2, 0) is 4.74 Å². The normalized spacial score (nSPS) is 21.2. The van der Waals surface area contributed by atoms with Crippen LogP contribution in [0.4, 0.5) is 0 Å². The maximum atomic E-state index is 11.1. The van der Waals surface area contributed by atoms with E-state index in [2.05, 4.69) is 24.1 Å². The van der Waals surface area contributed by atoms with E-state index in [-0.39, 0.29) is 0 Å². The molecule has 0 saturated carbocycles. The van der Waals surface area contributed by atoms with Crippen molar-refractivity contribution < 1.29 is 9.53 Å². The van der Waals surface area contributed by atoms with E-state index in [1.165, 1.54) is 0 Å². The zero-order valence-electron chi connectivity index (χ0n) is 11.7. The van der Waals surface area contributed by atoms with E-state index in [9.17, 15) is 4.79 Å². The van der Waals surface area contributed by atoms with Gasteiger partial charge in [-0.05, 0) is 38.0 Å². The van der Waals surface area contributed by atoms with E-state index < -0.39 is 5.91 Å². The highest BCUT2D eigenvalue weighted by molar-refractivity contribution is 5.93. The van der Waals surface area contributed by atoms with Crippen molar-refractivity contribution in [2.24, 2.45) is 5.73 Å². The third-order valence-electron chi connectivity index (χ3n) is 3.29. The lowest BCUT2D eigenvalue weighted by atomic mass is 10.1. The first-order chi connectivity index (χ1) is 9.65. The smallest absolute Gasteiger partial charge is 0.248 e. The first-order valence-corrected chi connectivity index (χ1v) is 6.90. The highest BCUT2D eigenvalue weighted by atomic mass is 16.5. The molecule has 3 N–H and O–H groups in total. The first kappa shape index (κ1) is 14.6. The molecule has 1 aromatic carbocycles. The molecule has 1 amide bonds. The molecular weight excluding hydrogens is 252 g/mol. The van der Waals surface area contributed by atoms with Crippen molar-refractivity contribution in [2.45, 2.75) is 32.0 Å². The Morgan fingerprint density at radius 2 is 2.35 bits per heavy atom. The van der Waals surface area contributed by atoms with Crippen LogP contribution < -0.4 is 11.1 Å². The summed E-state index contributed by atoms with van der Waals surface area (Å²) in [6.45, 7) is 3.54. The van der Waals surface area contributed by atoms with E-state index in [1.807, 2.05) is 6.07 Å². The van der Waals surface area contributed by atoms with Crippen LogP contribution in [0.5, 0.6) is 0 Å². The number of benzene rings is 1. The Hall–Kier alpha value is -1.83. The maximum Gasteiger partial charge on any atom is 0.248 e. The second kappa shape index (κ2) is 7.09. The number of amides is 1. The molecule has 0 bridgehead atoms. The predicted molar refractivity (Wildman–Crippen MR) is 78.3 cm³/mol. The summed E-state index contributed by atoms with van der Waals surface area (Å²) in [5.41, 5.74) is 6.51. The fourth-order valence-electron chi connectivity index (χ4n) is 2.23. The van der Waals surface area contributed by atoms with Gasteiger partial charge in [0.15, 0.2) is 0 Å². The second-order valence-corrected chi connectivity index (χ2v) is 5.02. The summed E-state index contributed by atoms with van der Waals surface area (Å²) in [7, 11) is 0. The average molecular weight is 272 g/mol. The van der Waals surface area contributed by atoms with Crippen molar-refractivity contribution in [2.75, 3.05) is 13.1 Å². The molecule has 2 unspecified atom stereocenters. The molecule has 0 aromatic heterocycles. The molecule has 4 nitrogen and oxygen atoms in total. The summed E-state index contributed by atoms with van der Waals surface area (Å²) in [6.07, 6.45) is 2.94. The second-order valence-electron chi connectivity index (χ2n) is 5.02. The molecule has 0 radical (unpaired) electrons. The molecule has 1 fully saturated rings. The standard InChI is InChI=1S/C16H20N2O2/c1-12-7-8-15(20-12)11-18-9-3-5-13-4-2-6-14(10-13)16(17)19/h2,4,6,10,12,15,18H,7-9,11H2,1H3,(H2,17,19). The van der Waals surface area contributed by atoms with Gasteiger partial charge in [-0.1, -0.05) is 17.9 Å². The minimum Gasteiger partial charge on any atom is -0.374 e. The minimum absolute atomic E-state index is 0.310. The number of hydrogen-bond acceptors (Lipinski definition) is 3. The lowest BCUT2D eigenvalue weighted by Crippen LogP contribution is -2.27. The zero-order valence-corrected chi connectivity index (χ0v) is 11.7. The van der Waals surface area contributed by atoms with Crippen molar-refractivity contribution >= 4 is 5.91 Å². The molecule has 1 aliphatic rings. The van der Waals surface area contributed by atoms with E-state index in [1.54, 1.807) is 18.2 Å². The first-order valence-electron chi connectivity index (χ1n) is 6.90. The molecular formula is C16H20N2O2. The Balaban J connectivity index is 1.77. The fourth-order valence-corrected chi connectivity index (χ4v) is 2.23. The van der Waals surface area contributed by atoms with Crippen LogP contribution in [0.15, 0.2) is 24.3 Å². The number of carbonyl (C=O) groups is 1. The summed E-state index contributed by atoms with van der Waals surface area (Å²) in [5, 5.41) is 3.27. The van der Waals surface area contributed by atoms with Gasteiger partial charge in [-0.3, -0.25) is 4.79 Å². The molecule has 0 aliphatic carbocycles. The molecule has 1 saturated heterocycles. The highest BCUT2D eigenvalue weighted by Crippen LogP contribution is 2.17. The van der Waals surface area contributed by atoms with E-state index in [0.717, 1.165) is 24.9 Å². The Morgan fingerprint density at radius 3 is 3.05 bits per heavy atom. The minimum atomic E-state index is -0.431. The topological polar surface area (TPSA) is 64.3 Å². The van der Waals surface area contributed by atoms with Crippen LogP contribution in [0.1, 0.15) is 35.7 Å². The zero-order chi connectivity index (χ0) is 14.4.